The van der Waals surface area contributed by atoms with Gasteiger partial charge in [-0.15, -0.1) is 0 Å². The molecule has 4 aromatic rings. The molecule has 0 amide bonds. The van der Waals surface area contributed by atoms with Crippen molar-refractivity contribution in [2.45, 2.75) is 31.6 Å². The molecule has 1 aliphatic rings. The number of methoxy groups -OCH3 is 1. The van der Waals surface area contributed by atoms with Crippen molar-refractivity contribution in [3.05, 3.63) is 52.7 Å². The van der Waals surface area contributed by atoms with Crippen molar-refractivity contribution >= 4 is 21.1 Å². The van der Waals surface area contributed by atoms with E-state index < -0.39 is 10.0 Å². The van der Waals surface area contributed by atoms with Crippen LogP contribution >= 0.6 is 0 Å². The smallest absolute Gasteiger partial charge is 0.281 e. The normalized spacial score (nSPS) is 15.0. The molecule has 0 aromatic carbocycles. The summed E-state index contributed by atoms with van der Waals surface area (Å²) in [5.74, 6) is 0.927. The first-order valence-corrected chi connectivity index (χ1v) is 15.5. The predicted octanol–water partition coefficient (Wildman–Crippen LogP) is 1.88. The lowest BCUT2D eigenvalue weighted by molar-refractivity contribution is 0.144. The number of rotatable bonds is 11. The molecule has 0 radical (unpaired) electrons. The van der Waals surface area contributed by atoms with Crippen LogP contribution in [0.25, 0.3) is 28.2 Å². The minimum atomic E-state index is -3.86. The van der Waals surface area contributed by atoms with Gasteiger partial charge in [0.25, 0.3) is 5.56 Å². The first-order chi connectivity index (χ1) is 20.3. The Labute approximate surface area is 244 Å². The third-order valence-corrected chi connectivity index (χ3v) is 9.16. The summed E-state index contributed by atoms with van der Waals surface area (Å²) in [7, 11) is -0.733. The molecule has 1 saturated heterocycles. The van der Waals surface area contributed by atoms with E-state index in [1.807, 2.05) is 13.0 Å². The molecule has 13 nitrogen and oxygen atoms in total. The Morgan fingerprint density at radius 1 is 1.02 bits per heavy atom. The summed E-state index contributed by atoms with van der Waals surface area (Å²) in [6.45, 7) is 7.57. The van der Waals surface area contributed by atoms with Gasteiger partial charge in [0.15, 0.2) is 11.3 Å². The number of sulfonamides is 1. The first-order valence-electron chi connectivity index (χ1n) is 14.0. The van der Waals surface area contributed by atoms with Crippen LogP contribution in [0.1, 0.15) is 26.0 Å². The number of aromatic nitrogens is 6. The van der Waals surface area contributed by atoms with E-state index in [4.69, 9.17) is 14.5 Å². The highest BCUT2D eigenvalue weighted by Crippen LogP contribution is 2.31. The van der Waals surface area contributed by atoms with E-state index in [1.54, 1.807) is 37.2 Å². The van der Waals surface area contributed by atoms with Gasteiger partial charge in [0.2, 0.25) is 15.9 Å². The number of aryl methyl sites for hydroxylation is 1. The van der Waals surface area contributed by atoms with E-state index in [2.05, 4.69) is 26.9 Å². The Balaban J connectivity index is 1.63. The summed E-state index contributed by atoms with van der Waals surface area (Å²) in [4.78, 5) is 29.5. The summed E-state index contributed by atoms with van der Waals surface area (Å²) in [5.41, 5.74) is 1.19. The van der Waals surface area contributed by atoms with Crippen molar-refractivity contribution in [2.24, 2.45) is 7.05 Å². The molecule has 5 rings (SSSR count). The van der Waals surface area contributed by atoms with Crippen molar-refractivity contribution in [2.75, 3.05) is 53.0 Å². The quantitative estimate of drug-likeness (QED) is 0.236. The van der Waals surface area contributed by atoms with Crippen molar-refractivity contribution in [3.8, 4) is 23.1 Å². The summed E-state index contributed by atoms with van der Waals surface area (Å²) in [5, 5.41) is 4.56. The molecule has 0 spiro atoms. The Kier molecular flexibility index (Phi) is 8.96. The molecule has 42 heavy (non-hydrogen) atoms. The van der Waals surface area contributed by atoms with E-state index in [0.717, 1.165) is 13.0 Å². The van der Waals surface area contributed by atoms with Gasteiger partial charge in [-0.25, -0.2) is 28.1 Å². The monoisotopic (exact) mass is 596 g/mol. The topological polar surface area (TPSA) is 138 Å². The highest BCUT2D eigenvalue weighted by atomic mass is 32.2. The second kappa shape index (κ2) is 12.7. The van der Waals surface area contributed by atoms with Gasteiger partial charge in [0.05, 0.1) is 24.1 Å². The highest BCUT2D eigenvalue weighted by molar-refractivity contribution is 7.89. The van der Waals surface area contributed by atoms with Crippen molar-refractivity contribution < 1.29 is 17.9 Å². The molecule has 0 unspecified atom stereocenters. The van der Waals surface area contributed by atoms with Gasteiger partial charge in [-0.2, -0.15) is 9.40 Å². The number of piperazine rings is 1. The Hall–Kier alpha value is -3.72. The third-order valence-electron chi connectivity index (χ3n) is 7.30. The fourth-order valence-corrected chi connectivity index (χ4v) is 6.49. The average molecular weight is 597 g/mol. The number of pyridine rings is 2. The fraction of sp³-hybridized carbons (Fsp3) is 0.464. The zero-order chi connectivity index (χ0) is 29.9. The summed E-state index contributed by atoms with van der Waals surface area (Å²) in [6, 6.07) is 6.94. The lowest BCUT2D eigenvalue weighted by atomic mass is 10.2. The molecule has 224 valence electrons. The fourth-order valence-electron chi connectivity index (χ4n) is 5.10. The Morgan fingerprint density at radius 2 is 1.81 bits per heavy atom. The molecule has 0 atom stereocenters. The lowest BCUT2D eigenvalue weighted by Gasteiger charge is -2.33. The molecule has 0 N–H and O–H groups in total. The van der Waals surface area contributed by atoms with Crippen LogP contribution in [0.2, 0.25) is 0 Å². The molecule has 0 aliphatic carbocycles. The van der Waals surface area contributed by atoms with Gasteiger partial charge in [-0.3, -0.25) is 9.36 Å². The number of hydrogen-bond acceptors (Lipinski definition) is 10. The van der Waals surface area contributed by atoms with Gasteiger partial charge in [-0.05, 0) is 37.6 Å². The molecule has 1 aliphatic heterocycles. The van der Waals surface area contributed by atoms with E-state index in [-0.39, 0.29) is 39.8 Å². The summed E-state index contributed by atoms with van der Waals surface area (Å²) < 4.78 is 42.9. The van der Waals surface area contributed by atoms with Crippen molar-refractivity contribution in [3.63, 3.8) is 0 Å². The predicted molar refractivity (Wildman–Crippen MR) is 157 cm³/mol. The van der Waals surface area contributed by atoms with Crippen LogP contribution in [0.3, 0.4) is 0 Å². The molecule has 0 bridgehead atoms. The van der Waals surface area contributed by atoms with E-state index in [0.29, 0.717) is 56.2 Å². The van der Waals surface area contributed by atoms with Gasteiger partial charge >= 0.3 is 0 Å². The second-order valence-electron chi connectivity index (χ2n) is 10.0. The maximum Gasteiger partial charge on any atom is 0.281 e. The minimum Gasteiger partial charge on any atom is -0.475 e. The van der Waals surface area contributed by atoms with Gasteiger partial charge in [0.1, 0.15) is 22.8 Å². The number of hydrogen-bond donors (Lipinski definition) is 0. The molecule has 0 saturated carbocycles. The van der Waals surface area contributed by atoms with Crippen LogP contribution in [-0.4, -0.2) is 100.0 Å². The first kappa shape index (κ1) is 29.8. The second-order valence-corrected chi connectivity index (χ2v) is 11.9. The maximum atomic E-state index is 13.7. The molecular weight excluding hydrogens is 560 g/mol. The van der Waals surface area contributed by atoms with Gasteiger partial charge < -0.3 is 14.4 Å². The highest BCUT2D eigenvalue weighted by Gasteiger charge is 2.30. The van der Waals surface area contributed by atoms with E-state index in [9.17, 15) is 13.2 Å². The van der Waals surface area contributed by atoms with E-state index in [1.165, 1.54) is 21.1 Å². The standard InChI is InChI=1S/C28H36N8O5S/c1-5-11-34-12-14-35(15-13-34)42(38,39)20-18-21(27(30-19-20)41-17-16-40-4)26-31-24-22(6-2)36(23-9-7-8-10-29-23)32-25(24)28(37)33(26)3/h7-10,18-19H,5-6,11-17H2,1-4H3. The van der Waals surface area contributed by atoms with Crippen LogP contribution in [0.4, 0.5) is 0 Å². The SMILES string of the molecule is CCCN1CCN(S(=O)(=O)c2cnc(OCCOC)c(-c3nc4c(CC)n(-c5ccccn5)nc4c(=O)n3C)c2)CC1. The van der Waals surface area contributed by atoms with Crippen LogP contribution < -0.4 is 10.3 Å². The molecular formula is C28H36N8O5S. The lowest BCUT2D eigenvalue weighted by Crippen LogP contribution is -2.48. The maximum absolute atomic E-state index is 13.7. The largest absolute Gasteiger partial charge is 0.475 e. The van der Waals surface area contributed by atoms with Gasteiger partial charge in [-0.1, -0.05) is 19.9 Å². The van der Waals surface area contributed by atoms with Crippen molar-refractivity contribution in [1.29, 1.82) is 0 Å². The van der Waals surface area contributed by atoms with Crippen LogP contribution in [0.5, 0.6) is 5.88 Å². The summed E-state index contributed by atoms with van der Waals surface area (Å²) >= 11 is 0. The number of nitrogens with zero attached hydrogens (tertiary/aromatic N) is 8. The van der Waals surface area contributed by atoms with Crippen LogP contribution in [0, 0.1) is 0 Å². The number of ether oxygens (including phenoxy) is 2. The zero-order valence-electron chi connectivity index (χ0n) is 24.4. The van der Waals surface area contributed by atoms with E-state index >= 15 is 0 Å². The Bertz CT molecular complexity index is 1710. The number of fused-ring (bicyclic) bond motifs is 1. The molecule has 14 heteroatoms. The van der Waals surface area contributed by atoms with Crippen molar-refractivity contribution in [1.82, 2.24) is 38.5 Å². The van der Waals surface area contributed by atoms with Crippen LogP contribution in [-0.2, 0) is 28.2 Å². The average Bonchev–Trinajstić information content (AvgIpc) is 3.39. The third kappa shape index (κ3) is 5.67. The molecule has 4 aromatic heterocycles. The van der Waals surface area contributed by atoms with Crippen LogP contribution in [0.15, 0.2) is 46.3 Å². The Morgan fingerprint density at radius 3 is 2.48 bits per heavy atom. The molecule has 1 fully saturated rings. The zero-order valence-corrected chi connectivity index (χ0v) is 25.2. The molecule has 5 heterocycles. The minimum absolute atomic E-state index is 0.00905. The van der Waals surface area contributed by atoms with Gasteiger partial charge in [0, 0.05) is 46.5 Å². The summed E-state index contributed by atoms with van der Waals surface area (Å²) in [6.07, 6.45) is 4.50.